The number of piperidine rings is 2. The Morgan fingerprint density at radius 1 is 0.968 bits per heavy atom. The number of benzene rings is 1. The minimum atomic E-state index is -3.70. The zero-order valence-corrected chi connectivity index (χ0v) is 18.6. The number of carbonyl (C=O) groups is 1. The number of nitrogens with zero attached hydrogens (tertiary/aromatic N) is 3. The Labute approximate surface area is 184 Å². The highest BCUT2D eigenvalue weighted by molar-refractivity contribution is 7.89. The van der Waals surface area contributed by atoms with Crippen LogP contribution in [0.4, 0.5) is 5.82 Å². The van der Waals surface area contributed by atoms with Crippen LogP contribution < -0.4 is 10.2 Å². The minimum absolute atomic E-state index is 0.229. The summed E-state index contributed by atoms with van der Waals surface area (Å²) in [5.74, 6) is 0.724. The zero-order valence-electron chi connectivity index (χ0n) is 17.7. The largest absolute Gasteiger partial charge is 0.357 e. The van der Waals surface area contributed by atoms with Crippen LogP contribution in [-0.4, -0.2) is 49.3 Å². The number of aromatic nitrogens is 1. The minimum Gasteiger partial charge on any atom is -0.357 e. The van der Waals surface area contributed by atoms with Crippen LogP contribution in [0.25, 0.3) is 0 Å². The third kappa shape index (κ3) is 5.07. The van der Waals surface area contributed by atoms with Crippen LogP contribution >= 0.6 is 0 Å². The summed E-state index contributed by atoms with van der Waals surface area (Å²) in [7, 11) is -3.70. The van der Waals surface area contributed by atoms with E-state index in [4.69, 9.17) is 0 Å². The molecule has 2 aliphatic heterocycles. The first-order valence-electron chi connectivity index (χ1n) is 11.1. The van der Waals surface area contributed by atoms with Gasteiger partial charge in [-0.3, -0.25) is 4.79 Å². The summed E-state index contributed by atoms with van der Waals surface area (Å²) in [4.78, 5) is 20.0. The topological polar surface area (TPSA) is 82.6 Å². The fraction of sp³-hybridized carbons (Fsp3) is 0.478. The van der Waals surface area contributed by atoms with Crippen LogP contribution in [0.5, 0.6) is 0 Å². The van der Waals surface area contributed by atoms with Gasteiger partial charge in [0.15, 0.2) is 0 Å². The first kappa shape index (κ1) is 21.8. The highest BCUT2D eigenvalue weighted by atomic mass is 32.2. The molecule has 0 unspecified atom stereocenters. The van der Waals surface area contributed by atoms with E-state index < -0.39 is 16.1 Å². The zero-order chi connectivity index (χ0) is 21.7. The first-order valence-corrected chi connectivity index (χ1v) is 12.5. The van der Waals surface area contributed by atoms with Gasteiger partial charge in [0.25, 0.3) is 0 Å². The van der Waals surface area contributed by atoms with Gasteiger partial charge < -0.3 is 10.2 Å². The van der Waals surface area contributed by atoms with Gasteiger partial charge in [-0.05, 0) is 55.9 Å². The number of pyridine rings is 1. The van der Waals surface area contributed by atoms with Gasteiger partial charge in [0, 0.05) is 32.4 Å². The molecule has 1 N–H and O–H groups in total. The lowest BCUT2D eigenvalue weighted by molar-refractivity contribution is -0.125. The number of hydrogen-bond acceptors (Lipinski definition) is 5. The molecule has 1 aromatic carbocycles. The summed E-state index contributed by atoms with van der Waals surface area (Å²) in [6.07, 6.45) is 7.60. The predicted octanol–water partition coefficient (Wildman–Crippen LogP) is 2.93. The Morgan fingerprint density at radius 2 is 1.71 bits per heavy atom. The Hall–Kier alpha value is -2.45. The third-order valence-corrected chi connectivity index (χ3v) is 7.98. The van der Waals surface area contributed by atoms with E-state index in [2.05, 4.69) is 15.2 Å². The van der Waals surface area contributed by atoms with Crippen LogP contribution in [0.1, 0.15) is 44.1 Å². The number of amides is 1. The van der Waals surface area contributed by atoms with Crippen LogP contribution in [0.3, 0.4) is 0 Å². The molecule has 1 amide bonds. The van der Waals surface area contributed by atoms with E-state index in [-0.39, 0.29) is 10.8 Å². The molecule has 1 atom stereocenters. The van der Waals surface area contributed by atoms with Gasteiger partial charge in [0.2, 0.25) is 15.9 Å². The summed E-state index contributed by atoms with van der Waals surface area (Å²) in [6, 6.07) is 11.6. The molecular formula is C23H30N4O3S. The Bertz CT molecular complexity index is 974. The number of sulfonamides is 1. The number of hydrogen-bond donors (Lipinski definition) is 1. The maximum atomic E-state index is 13.1. The van der Waals surface area contributed by atoms with Gasteiger partial charge in [-0.15, -0.1) is 0 Å². The van der Waals surface area contributed by atoms with Crippen LogP contribution in [-0.2, 0) is 21.4 Å². The van der Waals surface area contributed by atoms with Crippen molar-refractivity contribution in [1.82, 2.24) is 14.6 Å². The molecule has 0 radical (unpaired) electrons. The predicted molar refractivity (Wildman–Crippen MR) is 120 cm³/mol. The molecule has 0 aliphatic carbocycles. The van der Waals surface area contributed by atoms with Gasteiger partial charge in [0.05, 0.1) is 4.90 Å². The summed E-state index contributed by atoms with van der Waals surface area (Å²) in [6.45, 7) is 2.77. The second-order valence-electron chi connectivity index (χ2n) is 8.23. The number of nitrogens with one attached hydrogen (secondary N) is 1. The molecule has 0 bridgehead atoms. The molecule has 2 aromatic rings. The van der Waals surface area contributed by atoms with Crippen molar-refractivity contribution in [3.8, 4) is 0 Å². The Balaban J connectivity index is 1.40. The van der Waals surface area contributed by atoms with Gasteiger partial charge in [-0.1, -0.05) is 30.7 Å². The molecule has 2 aliphatic rings. The molecule has 31 heavy (non-hydrogen) atoms. The molecule has 0 spiro atoms. The summed E-state index contributed by atoms with van der Waals surface area (Å²) in [5.41, 5.74) is 0.905. The van der Waals surface area contributed by atoms with Crippen molar-refractivity contribution in [3.63, 3.8) is 0 Å². The third-order valence-electron chi connectivity index (χ3n) is 6.06. The van der Waals surface area contributed by atoms with Crippen LogP contribution in [0.2, 0.25) is 0 Å². The highest BCUT2D eigenvalue weighted by Gasteiger charge is 2.37. The molecule has 1 aromatic heterocycles. The van der Waals surface area contributed by atoms with E-state index in [9.17, 15) is 13.2 Å². The van der Waals surface area contributed by atoms with Crippen molar-refractivity contribution in [3.05, 3.63) is 54.2 Å². The molecule has 8 heteroatoms. The average Bonchev–Trinajstić information content (AvgIpc) is 2.84. The van der Waals surface area contributed by atoms with E-state index in [0.717, 1.165) is 37.3 Å². The van der Waals surface area contributed by atoms with E-state index >= 15 is 0 Å². The van der Waals surface area contributed by atoms with E-state index in [0.29, 0.717) is 19.5 Å². The monoisotopic (exact) mass is 442 g/mol. The number of carbonyl (C=O) groups excluding carboxylic acids is 1. The standard InChI is InChI=1S/C23H30N4O3S/c28-23(25-18-19-12-13-22(24-17-19)26-14-6-2-7-15-26)21-11-5-8-16-27(21)31(29,30)20-9-3-1-4-10-20/h1,3-4,9-10,12-13,17,21H,2,5-8,11,14-16,18H2,(H,25,28)/t21-/m0/s1. The van der Waals surface area contributed by atoms with Gasteiger partial charge in [0.1, 0.15) is 11.9 Å². The van der Waals surface area contributed by atoms with Crippen molar-refractivity contribution in [2.45, 2.75) is 56.0 Å². The van der Waals surface area contributed by atoms with Crippen molar-refractivity contribution < 1.29 is 13.2 Å². The normalized spacial score (nSPS) is 20.4. The van der Waals surface area contributed by atoms with Gasteiger partial charge in [-0.25, -0.2) is 13.4 Å². The fourth-order valence-corrected chi connectivity index (χ4v) is 6.00. The van der Waals surface area contributed by atoms with E-state index in [1.165, 1.54) is 23.6 Å². The average molecular weight is 443 g/mol. The molecule has 3 heterocycles. The Morgan fingerprint density at radius 3 is 2.42 bits per heavy atom. The number of rotatable bonds is 6. The smallest absolute Gasteiger partial charge is 0.243 e. The molecular weight excluding hydrogens is 412 g/mol. The lowest BCUT2D eigenvalue weighted by Crippen LogP contribution is -2.51. The molecule has 2 saturated heterocycles. The van der Waals surface area contributed by atoms with Gasteiger partial charge in [-0.2, -0.15) is 4.31 Å². The molecule has 2 fully saturated rings. The summed E-state index contributed by atoms with van der Waals surface area (Å²) in [5, 5.41) is 2.92. The summed E-state index contributed by atoms with van der Waals surface area (Å²) < 4.78 is 27.6. The van der Waals surface area contributed by atoms with Crippen LogP contribution in [0, 0.1) is 0 Å². The maximum absolute atomic E-state index is 13.1. The van der Waals surface area contributed by atoms with Crippen LogP contribution in [0.15, 0.2) is 53.6 Å². The second kappa shape index (κ2) is 9.78. The second-order valence-corrected chi connectivity index (χ2v) is 10.1. The van der Waals surface area contributed by atoms with Crippen molar-refractivity contribution in [1.29, 1.82) is 0 Å². The summed E-state index contributed by atoms with van der Waals surface area (Å²) >= 11 is 0. The lowest BCUT2D eigenvalue weighted by atomic mass is 10.0. The van der Waals surface area contributed by atoms with Crippen molar-refractivity contribution in [2.75, 3.05) is 24.5 Å². The molecule has 166 valence electrons. The highest BCUT2D eigenvalue weighted by Crippen LogP contribution is 2.25. The molecule has 4 rings (SSSR count). The quantitative estimate of drug-likeness (QED) is 0.744. The van der Waals surface area contributed by atoms with Crippen molar-refractivity contribution >= 4 is 21.7 Å². The van der Waals surface area contributed by atoms with Gasteiger partial charge >= 0.3 is 0 Å². The maximum Gasteiger partial charge on any atom is 0.243 e. The SMILES string of the molecule is O=C(NCc1ccc(N2CCCCC2)nc1)[C@@H]1CCCCN1S(=O)(=O)c1ccccc1. The number of anilines is 1. The van der Waals surface area contributed by atoms with Crippen molar-refractivity contribution in [2.24, 2.45) is 0 Å². The van der Waals surface area contributed by atoms with E-state index in [1.54, 1.807) is 36.5 Å². The Kier molecular flexibility index (Phi) is 6.87. The molecule has 0 saturated carbocycles. The van der Waals surface area contributed by atoms with E-state index in [1.807, 2.05) is 12.1 Å². The molecule has 7 nitrogen and oxygen atoms in total. The first-order chi connectivity index (χ1) is 15.1. The fourth-order valence-electron chi connectivity index (χ4n) is 4.32. The lowest BCUT2D eigenvalue weighted by Gasteiger charge is -2.33.